The third-order valence-corrected chi connectivity index (χ3v) is 5.44. The number of rotatable bonds is 3. The summed E-state index contributed by atoms with van der Waals surface area (Å²) in [6.45, 7) is 8.55. The Morgan fingerprint density at radius 1 is 1.56 bits per heavy atom. The molecule has 1 aromatic rings. The molecule has 0 radical (unpaired) electrons. The molecule has 1 saturated heterocycles. The van der Waals surface area contributed by atoms with E-state index in [0.29, 0.717) is 18.1 Å². The fourth-order valence-electron chi connectivity index (χ4n) is 3.62. The van der Waals surface area contributed by atoms with Crippen LogP contribution in [-0.4, -0.2) is 23.7 Å². The number of fused-ring (bicyclic) bond motifs is 1. The van der Waals surface area contributed by atoms with Crippen LogP contribution < -0.4 is 5.32 Å². The molecule has 0 spiro atoms. The standard InChI is InChI=1S/C14H22N2OS/c1-9-8-18-11(16-9)7-15-12-10-5-4-6-17-13(10)14(12,2)3/h8,10,12-13,15H,4-7H2,1-3H3. The summed E-state index contributed by atoms with van der Waals surface area (Å²) in [5.41, 5.74) is 1.39. The molecule has 0 amide bonds. The molecule has 4 heteroatoms. The molecule has 0 bridgehead atoms. The number of hydrogen-bond donors (Lipinski definition) is 1. The minimum Gasteiger partial charge on any atom is -0.377 e. The van der Waals surface area contributed by atoms with Gasteiger partial charge in [0.2, 0.25) is 0 Å². The summed E-state index contributed by atoms with van der Waals surface area (Å²) in [4.78, 5) is 4.52. The molecule has 1 N–H and O–H groups in total. The maximum Gasteiger partial charge on any atom is 0.107 e. The molecule has 1 aliphatic carbocycles. The number of hydrogen-bond acceptors (Lipinski definition) is 4. The van der Waals surface area contributed by atoms with Gasteiger partial charge in [-0.3, -0.25) is 0 Å². The Labute approximate surface area is 113 Å². The first kappa shape index (κ1) is 12.6. The lowest BCUT2D eigenvalue weighted by Gasteiger charge is -2.60. The molecule has 3 rings (SSSR count). The SMILES string of the molecule is Cc1csc(CNC2C3CCCOC3C2(C)C)n1. The van der Waals surface area contributed by atoms with Crippen LogP contribution in [-0.2, 0) is 11.3 Å². The first-order chi connectivity index (χ1) is 8.59. The van der Waals surface area contributed by atoms with E-state index in [1.165, 1.54) is 17.8 Å². The van der Waals surface area contributed by atoms with Gasteiger partial charge in [0.15, 0.2) is 0 Å². The van der Waals surface area contributed by atoms with Crippen molar-refractivity contribution in [3.05, 3.63) is 16.1 Å². The van der Waals surface area contributed by atoms with Crippen molar-refractivity contribution in [2.75, 3.05) is 6.61 Å². The van der Waals surface area contributed by atoms with Crippen LogP contribution in [0.1, 0.15) is 37.4 Å². The van der Waals surface area contributed by atoms with E-state index in [-0.39, 0.29) is 5.41 Å². The van der Waals surface area contributed by atoms with E-state index in [2.05, 4.69) is 36.5 Å². The lowest BCUT2D eigenvalue weighted by molar-refractivity contribution is -0.192. The summed E-state index contributed by atoms with van der Waals surface area (Å²) < 4.78 is 5.93. The highest BCUT2D eigenvalue weighted by Crippen LogP contribution is 2.51. The van der Waals surface area contributed by atoms with E-state index < -0.39 is 0 Å². The van der Waals surface area contributed by atoms with Gasteiger partial charge in [0, 0.05) is 41.6 Å². The van der Waals surface area contributed by atoms with Gasteiger partial charge in [-0.25, -0.2) is 4.98 Å². The Bertz CT molecular complexity index is 429. The van der Waals surface area contributed by atoms with Crippen molar-refractivity contribution in [1.29, 1.82) is 0 Å². The van der Waals surface area contributed by atoms with Crippen LogP contribution in [0.2, 0.25) is 0 Å². The molecule has 2 heterocycles. The first-order valence-electron chi connectivity index (χ1n) is 6.85. The average Bonchev–Trinajstić information content (AvgIpc) is 2.75. The van der Waals surface area contributed by atoms with E-state index in [4.69, 9.17) is 4.74 Å². The third-order valence-electron chi connectivity index (χ3n) is 4.47. The molecule has 1 aromatic heterocycles. The van der Waals surface area contributed by atoms with Crippen LogP contribution in [0.5, 0.6) is 0 Å². The maximum atomic E-state index is 5.93. The fourth-order valence-corrected chi connectivity index (χ4v) is 4.34. The number of thiazole rings is 1. The summed E-state index contributed by atoms with van der Waals surface area (Å²) in [6.07, 6.45) is 2.98. The minimum atomic E-state index is 0.261. The van der Waals surface area contributed by atoms with Crippen LogP contribution in [0.25, 0.3) is 0 Å². The maximum absolute atomic E-state index is 5.93. The molecule has 100 valence electrons. The van der Waals surface area contributed by atoms with Crippen molar-refractivity contribution in [1.82, 2.24) is 10.3 Å². The molecule has 0 aromatic carbocycles. The zero-order chi connectivity index (χ0) is 12.8. The highest BCUT2D eigenvalue weighted by Gasteiger charge is 2.57. The van der Waals surface area contributed by atoms with Gasteiger partial charge in [0.05, 0.1) is 6.10 Å². The first-order valence-corrected chi connectivity index (χ1v) is 7.73. The minimum absolute atomic E-state index is 0.261. The topological polar surface area (TPSA) is 34.1 Å². The summed E-state index contributed by atoms with van der Waals surface area (Å²) in [5, 5.41) is 7.02. The smallest absolute Gasteiger partial charge is 0.107 e. The largest absolute Gasteiger partial charge is 0.377 e. The Kier molecular flexibility index (Phi) is 3.20. The predicted molar refractivity (Wildman–Crippen MR) is 73.7 cm³/mol. The second-order valence-corrected chi connectivity index (χ2v) is 7.10. The van der Waals surface area contributed by atoms with E-state index >= 15 is 0 Å². The second-order valence-electron chi connectivity index (χ2n) is 6.16. The molecule has 3 atom stereocenters. The van der Waals surface area contributed by atoms with Gasteiger partial charge in [-0.1, -0.05) is 13.8 Å². The number of nitrogens with one attached hydrogen (secondary N) is 1. The number of ether oxygens (including phenoxy) is 1. The summed E-state index contributed by atoms with van der Waals surface area (Å²) in [5.74, 6) is 0.704. The van der Waals surface area contributed by atoms with E-state index in [9.17, 15) is 0 Å². The van der Waals surface area contributed by atoms with Crippen molar-refractivity contribution in [3.8, 4) is 0 Å². The van der Waals surface area contributed by atoms with Gasteiger partial charge < -0.3 is 10.1 Å². The summed E-state index contributed by atoms with van der Waals surface area (Å²) in [7, 11) is 0. The molecule has 2 aliphatic rings. The van der Waals surface area contributed by atoms with Gasteiger partial charge >= 0.3 is 0 Å². The molecule has 1 aliphatic heterocycles. The molecule has 3 unspecified atom stereocenters. The van der Waals surface area contributed by atoms with Crippen LogP contribution in [0.15, 0.2) is 5.38 Å². The Morgan fingerprint density at radius 2 is 2.39 bits per heavy atom. The Hall–Kier alpha value is -0.450. The number of aryl methyl sites for hydroxylation is 1. The lowest BCUT2D eigenvalue weighted by atomic mass is 9.55. The van der Waals surface area contributed by atoms with Gasteiger partial charge in [0.25, 0.3) is 0 Å². The molecule has 2 fully saturated rings. The van der Waals surface area contributed by atoms with Gasteiger partial charge in [-0.15, -0.1) is 11.3 Å². The van der Waals surface area contributed by atoms with Crippen molar-refractivity contribution in [2.24, 2.45) is 11.3 Å². The van der Waals surface area contributed by atoms with Crippen molar-refractivity contribution < 1.29 is 4.74 Å². The zero-order valence-electron chi connectivity index (χ0n) is 11.4. The fraction of sp³-hybridized carbons (Fsp3) is 0.786. The van der Waals surface area contributed by atoms with Gasteiger partial charge in [0.1, 0.15) is 5.01 Å². The molecule has 18 heavy (non-hydrogen) atoms. The number of aromatic nitrogens is 1. The summed E-state index contributed by atoms with van der Waals surface area (Å²) in [6, 6.07) is 0.576. The monoisotopic (exact) mass is 266 g/mol. The molecule has 3 nitrogen and oxygen atoms in total. The van der Waals surface area contributed by atoms with E-state index in [1.807, 2.05) is 0 Å². The predicted octanol–water partition coefficient (Wildman–Crippen LogP) is 2.74. The highest BCUT2D eigenvalue weighted by molar-refractivity contribution is 7.09. The van der Waals surface area contributed by atoms with Crippen molar-refractivity contribution in [3.63, 3.8) is 0 Å². The third kappa shape index (κ3) is 2.00. The zero-order valence-corrected chi connectivity index (χ0v) is 12.2. The van der Waals surface area contributed by atoms with Crippen LogP contribution in [0, 0.1) is 18.3 Å². The van der Waals surface area contributed by atoms with Gasteiger partial charge in [-0.2, -0.15) is 0 Å². The van der Waals surface area contributed by atoms with E-state index in [0.717, 1.165) is 18.8 Å². The molecule has 1 saturated carbocycles. The quantitative estimate of drug-likeness (QED) is 0.913. The molecular formula is C14H22N2OS. The average molecular weight is 266 g/mol. The van der Waals surface area contributed by atoms with Crippen LogP contribution in [0.4, 0.5) is 0 Å². The van der Waals surface area contributed by atoms with Gasteiger partial charge in [-0.05, 0) is 19.8 Å². The molecular weight excluding hydrogens is 244 g/mol. The Morgan fingerprint density at radius 3 is 3.11 bits per heavy atom. The van der Waals surface area contributed by atoms with Crippen molar-refractivity contribution in [2.45, 2.75) is 52.3 Å². The second kappa shape index (κ2) is 4.58. The van der Waals surface area contributed by atoms with E-state index in [1.54, 1.807) is 11.3 Å². The normalized spacial score (nSPS) is 33.8. The van der Waals surface area contributed by atoms with Crippen LogP contribution >= 0.6 is 11.3 Å². The highest BCUT2D eigenvalue weighted by atomic mass is 32.1. The van der Waals surface area contributed by atoms with Crippen LogP contribution in [0.3, 0.4) is 0 Å². The summed E-state index contributed by atoms with van der Waals surface area (Å²) >= 11 is 1.75. The lowest BCUT2D eigenvalue weighted by Crippen LogP contribution is -2.69. The number of nitrogens with zero attached hydrogens (tertiary/aromatic N) is 1. The Balaban J connectivity index is 1.62. The van der Waals surface area contributed by atoms with Crippen molar-refractivity contribution >= 4 is 11.3 Å².